The van der Waals surface area contributed by atoms with Crippen molar-refractivity contribution in [1.29, 1.82) is 0 Å². The predicted molar refractivity (Wildman–Crippen MR) is 73.2 cm³/mol. The molecule has 1 aromatic heterocycles. The first-order valence-electron chi connectivity index (χ1n) is 6.53. The minimum atomic E-state index is 0.446. The highest BCUT2D eigenvalue weighted by Crippen LogP contribution is 2.09. The second-order valence-corrected chi connectivity index (χ2v) is 4.75. The van der Waals surface area contributed by atoms with Gasteiger partial charge in [-0.15, -0.1) is 0 Å². The summed E-state index contributed by atoms with van der Waals surface area (Å²) < 4.78 is 2.02. The van der Waals surface area contributed by atoms with Gasteiger partial charge in [0.25, 0.3) is 0 Å². The largest absolute Gasteiger partial charge is 0.317 e. The van der Waals surface area contributed by atoms with E-state index in [9.17, 15) is 0 Å². The first kappa shape index (κ1) is 14.0. The summed E-state index contributed by atoms with van der Waals surface area (Å²) in [6.45, 7) is 10.7. The minimum absolute atomic E-state index is 0.446. The van der Waals surface area contributed by atoms with E-state index in [1.807, 2.05) is 4.68 Å². The van der Waals surface area contributed by atoms with E-state index < -0.39 is 0 Å². The lowest BCUT2D eigenvalue weighted by atomic mass is 10.1. The van der Waals surface area contributed by atoms with Crippen LogP contribution in [0.1, 0.15) is 45.9 Å². The monoisotopic (exact) mass is 235 g/mol. The number of hydrogen-bond donors (Lipinski definition) is 1. The summed E-state index contributed by atoms with van der Waals surface area (Å²) in [6.07, 6.45) is 6.43. The van der Waals surface area contributed by atoms with Gasteiger partial charge in [-0.25, -0.2) is 0 Å². The molecule has 3 nitrogen and oxygen atoms in total. The van der Waals surface area contributed by atoms with Gasteiger partial charge in [0.1, 0.15) is 0 Å². The highest BCUT2D eigenvalue weighted by atomic mass is 15.3. The van der Waals surface area contributed by atoms with Gasteiger partial charge in [0, 0.05) is 18.7 Å². The molecule has 0 spiro atoms. The van der Waals surface area contributed by atoms with Crippen LogP contribution >= 0.6 is 0 Å². The number of hydrogen-bond acceptors (Lipinski definition) is 2. The van der Waals surface area contributed by atoms with Crippen LogP contribution in [0.2, 0.25) is 0 Å². The van der Waals surface area contributed by atoms with Crippen LogP contribution < -0.4 is 5.32 Å². The fraction of sp³-hybridized carbons (Fsp3) is 0.643. The van der Waals surface area contributed by atoms with Crippen LogP contribution in [-0.4, -0.2) is 22.9 Å². The highest BCUT2D eigenvalue weighted by molar-refractivity contribution is 5.12. The molecule has 96 valence electrons. The Kier molecular flexibility index (Phi) is 5.98. The zero-order valence-electron chi connectivity index (χ0n) is 11.5. The molecular formula is C14H25N3. The molecule has 0 aliphatic heterocycles. The summed E-state index contributed by atoms with van der Waals surface area (Å²) in [7, 11) is 0. The van der Waals surface area contributed by atoms with Gasteiger partial charge in [-0.2, -0.15) is 5.10 Å². The average Bonchev–Trinajstić information content (AvgIpc) is 2.73. The first-order valence-corrected chi connectivity index (χ1v) is 6.53. The molecule has 0 bridgehead atoms. The third kappa shape index (κ3) is 5.18. The third-order valence-electron chi connectivity index (χ3n) is 2.72. The van der Waals surface area contributed by atoms with Gasteiger partial charge < -0.3 is 5.32 Å². The topological polar surface area (TPSA) is 29.9 Å². The van der Waals surface area contributed by atoms with Gasteiger partial charge >= 0.3 is 0 Å². The molecule has 1 heterocycles. The van der Waals surface area contributed by atoms with Crippen molar-refractivity contribution in [1.82, 2.24) is 15.1 Å². The first-order chi connectivity index (χ1) is 8.13. The standard InChI is InChI=1S/C14H25N3/c1-5-15-9-6-7-13(4)11-14-8-10-17(16-14)12(2)3/h7-8,10,12,15H,5-6,9,11H2,1-4H3. The van der Waals surface area contributed by atoms with Crippen LogP contribution in [0.3, 0.4) is 0 Å². The van der Waals surface area contributed by atoms with E-state index >= 15 is 0 Å². The Bertz CT molecular complexity index is 350. The van der Waals surface area contributed by atoms with Crippen molar-refractivity contribution in [3.8, 4) is 0 Å². The van der Waals surface area contributed by atoms with Gasteiger partial charge in [-0.3, -0.25) is 4.68 Å². The summed E-state index contributed by atoms with van der Waals surface area (Å²) in [5, 5.41) is 7.88. The molecule has 0 aliphatic rings. The van der Waals surface area contributed by atoms with Crippen LogP contribution in [0.4, 0.5) is 0 Å². The van der Waals surface area contributed by atoms with Gasteiger partial charge in [-0.1, -0.05) is 18.6 Å². The summed E-state index contributed by atoms with van der Waals surface area (Å²) in [5.74, 6) is 0. The maximum Gasteiger partial charge on any atom is 0.0664 e. The van der Waals surface area contributed by atoms with Gasteiger partial charge in [0.05, 0.1) is 5.69 Å². The van der Waals surface area contributed by atoms with Gasteiger partial charge in [0.15, 0.2) is 0 Å². The molecule has 1 rings (SSSR count). The molecule has 0 radical (unpaired) electrons. The van der Waals surface area contributed by atoms with Crippen molar-refractivity contribution in [2.24, 2.45) is 0 Å². The van der Waals surface area contributed by atoms with Crippen LogP contribution in [-0.2, 0) is 6.42 Å². The second kappa shape index (κ2) is 7.28. The molecule has 1 aromatic rings. The molecule has 0 atom stereocenters. The lowest BCUT2D eigenvalue weighted by Crippen LogP contribution is -2.13. The van der Waals surface area contributed by atoms with E-state index in [1.54, 1.807) is 0 Å². The van der Waals surface area contributed by atoms with E-state index in [0.29, 0.717) is 6.04 Å². The Balaban J connectivity index is 2.41. The Morgan fingerprint density at radius 2 is 2.29 bits per heavy atom. The number of nitrogens with one attached hydrogen (secondary N) is 1. The molecule has 0 unspecified atom stereocenters. The van der Waals surface area contributed by atoms with Gasteiger partial charge in [0.2, 0.25) is 0 Å². The van der Waals surface area contributed by atoms with Crippen LogP contribution in [0.15, 0.2) is 23.9 Å². The lowest BCUT2D eigenvalue weighted by Gasteiger charge is -2.04. The third-order valence-corrected chi connectivity index (χ3v) is 2.72. The van der Waals surface area contributed by atoms with Crippen LogP contribution in [0.25, 0.3) is 0 Å². The Hall–Kier alpha value is -1.09. The molecule has 0 aliphatic carbocycles. The summed E-state index contributed by atoms with van der Waals surface area (Å²) in [4.78, 5) is 0. The Morgan fingerprint density at radius 1 is 1.53 bits per heavy atom. The predicted octanol–water partition coefficient (Wildman–Crippen LogP) is 2.95. The van der Waals surface area contributed by atoms with Crippen LogP contribution in [0.5, 0.6) is 0 Å². The molecule has 17 heavy (non-hydrogen) atoms. The van der Waals surface area contributed by atoms with E-state index in [0.717, 1.165) is 31.6 Å². The van der Waals surface area contributed by atoms with E-state index in [1.165, 1.54) is 5.57 Å². The van der Waals surface area contributed by atoms with Crippen molar-refractivity contribution in [3.63, 3.8) is 0 Å². The molecule has 0 saturated heterocycles. The van der Waals surface area contributed by atoms with Crippen molar-refractivity contribution < 1.29 is 0 Å². The lowest BCUT2D eigenvalue weighted by molar-refractivity contribution is 0.527. The summed E-state index contributed by atoms with van der Waals surface area (Å²) in [6, 6.07) is 2.56. The molecule has 0 saturated carbocycles. The number of rotatable bonds is 7. The van der Waals surface area contributed by atoms with E-state index in [-0.39, 0.29) is 0 Å². The maximum absolute atomic E-state index is 4.55. The van der Waals surface area contributed by atoms with Crippen molar-refractivity contribution in [2.45, 2.75) is 46.6 Å². The van der Waals surface area contributed by atoms with E-state index in [2.05, 4.69) is 56.4 Å². The molecular weight excluding hydrogens is 210 g/mol. The molecule has 0 aromatic carbocycles. The highest BCUT2D eigenvalue weighted by Gasteiger charge is 2.02. The number of aromatic nitrogens is 2. The van der Waals surface area contributed by atoms with Crippen molar-refractivity contribution >= 4 is 0 Å². The average molecular weight is 235 g/mol. The smallest absolute Gasteiger partial charge is 0.0664 e. The zero-order chi connectivity index (χ0) is 12.7. The van der Waals surface area contributed by atoms with Crippen LogP contribution in [0, 0.1) is 0 Å². The summed E-state index contributed by atoms with van der Waals surface area (Å²) in [5.41, 5.74) is 2.56. The molecule has 3 heteroatoms. The van der Waals surface area contributed by atoms with Crippen molar-refractivity contribution in [2.75, 3.05) is 13.1 Å². The maximum atomic E-state index is 4.55. The second-order valence-electron chi connectivity index (χ2n) is 4.75. The molecule has 1 N–H and O–H groups in total. The fourth-order valence-corrected chi connectivity index (χ4v) is 1.71. The zero-order valence-corrected chi connectivity index (χ0v) is 11.5. The van der Waals surface area contributed by atoms with Gasteiger partial charge in [-0.05, 0) is 46.3 Å². The van der Waals surface area contributed by atoms with Crippen molar-refractivity contribution in [3.05, 3.63) is 29.6 Å². The Morgan fingerprint density at radius 3 is 2.88 bits per heavy atom. The number of nitrogens with zero attached hydrogens (tertiary/aromatic N) is 2. The normalized spacial score (nSPS) is 12.4. The molecule has 0 amide bonds. The summed E-state index contributed by atoms with van der Waals surface area (Å²) >= 11 is 0. The fourth-order valence-electron chi connectivity index (χ4n) is 1.71. The Labute approximate surface area is 105 Å². The SMILES string of the molecule is CCNCCC=C(C)Cc1ccn(C(C)C)n1. The van der Waals surface area contributed by atoms with E-state index in [4.69, 9.17) is 0 Å². The molecule has 0 fully saturated rings. The number of allylic oxidation sites excluding steroid dienone is 1. The minimum Gasteiger partial charge on any atom is -0.317 e. The quantitative estimate of drug-likeness (QED) is 0.581.